The molecule has 1 saturated carbocycles. The number of hydrogen-bond donors (Lipinski definition) is 0. The molecule has 0 aromatic heterocycles. The highest BCUT2D eigenvalue weighted by Crippen LogP contribution is 2.46. The molecule has 0 bridgehead atoms. The summed E-state index contributed by atoms with van der Waals surface area (Å²) in [6, 6.07) is 0. The molecule has 2 aliphatic rings. The minimum Gasteiger partial charge on any atom is -0.469 e. The minimum atomic E-state index is -0.727. The molecule has 1 aliphatic carbocycles. The lowest BCUT2D eigenvalue weighted by Crippen LogP contribution is -2.39. The van der Waals surface area contributed by atoms with Crippen molar-refractivity contribution in [2.75, 3.05) is 7.11 Å². The molecule has 0 spiro atoms. The van der Waals surface area contributed by atoms with Crippen molar-refractivity contribution in [3.05, 3.63) is 0 Å². The maximum atomic E-state index is 11.6. The standard InChI is InChI=1S/C11H12O6/c1-16-10(14)7-2-5(4-12)6-3-8(13)17-11(15)9(6)7/h4-7,9H,2-3H2,1H3. The summed E-state index contributed by atoms with van der Waals surface area (Å²) in [5, 5.41) is 0. The number of ether oxygens (including phenoxy) is 2. The molecule has 0 radical (unpaired) electrons. The molecule has 1 saturated heterocycles. The average molecular weight is 240 g/mol. The Morgan fingerprint density at radius 3 is 2.76 bits per heavy atom. The second-order valence-electron chi connectivity index (χ2n) is 4.35. The third kappa shape index (κ3) is 1.83. The predicted molar refractivity (Wildman–Crippen MR) is 52.4 cm³/mol. The molecular weight excluding hydrogens is 228 g/mol. The highest BCUT2D eigenvalue weighted by molar-refractivity contribution is 5.94. The number of esters is 3. The first-order valence-electron chi connectivity index (χ1n) is 5.36. The fourth-order valence-electron chi connectivity index (χ4n) is 2.76. The number of aldehydes is 1. The van der Waals surface area contributed by atoms with Crippen molar-refractivity contribution in [2.45, 2.75) is 12.8 Å². The Labute approximate surface area is 97.3 Å². The van der Waals surface area contributed by atoms with Crippen LogP contribution in [0.25, 0.3) is 0 Å². The van der Waals surface area contributed by atoms with Crippen LogP contribution in [0.15, 0.2) is 0 Å². The lowest BCUT2D eigenvalue weighted by molar-refractivity contribution is -0.174. The third-order valence-electron chi connectivity index (χ3n) is 3.54. The van der Waals surface area contributed by atoms with Crippen LogP contribution in [0.2, 0.25) is 0 Å². The van der Waals surface area contributed by atoms with Crippen molar-refractivity contribution < 1.29 is 28.7 Å². The van der Waals surface area contributed by atoms with E-state index in [1.54, 1.807) is 0 Å². The Hall–Kier alpha value is -1.72. The van der Waals surface area contributed by atoms with Crippen molar-refractivity contribution in [1.29, 1.82) is 0 Å². The van der Waals surface area contributed by atoms with Gasteiger partial charge in [-0.25, -0.2) is 0 Å². The van der Waals surface area contributed by atoms with Gasteiger partial charge in [-0.2, -0.15) is 0 Å². The lowest BCUT2D eigenvalue weighted by atomic mass is 9.83. The van der Waals surface area contributed by atoms with Gasteiger partial charge in [0.1, 0.15) is 6.29 Å². The van der Waals surface area contributed by atoms with E-state index in [2.05, 4.69) is 9.47 Å². The molecule has 0 aromatic rings. The van der Waals surface area contributed by atoms with Crippen molar-refractivity contribution in [3.8, 4) is 0 Å². The lowest BCUT2D eigenvalue weighted by Gasteiger charge is -2.26. The highest BCUT2D eigenvalue weighted by Gasteiger charge is 2.54. The van der Waals surface area contributed by atoms with Crippen LogP contribution in [-0.4, -0.2) is 31.3 Å². The van der Waals surface area contributed by atoms with Gasteiger partial charge in [-0.1, -0.05) is 0 Å². The Kier molecular flexibility index (Phi) is 2.95. The summed E-state index contributed by atoms with van der Waals surface area (Å²) >= 11 is 0. The van der Waals surface area contributed by atoms with Crippen LogP contribution < -0.4 is 0 Å². The van der Waals surface area contributed by atoms with Gasteiger partial charge in [0.05, 0.1) is 25.4 Å². The SMILES string of the molecule is COC(=O)C1CC(C=O)C2CC(=O)OC(=O)C12. The number of rotatable bonds is 2. The number of carbonyl (C=O) groups excluding carboxylic acids is 4. The first-order valence-corrected chi connectivity index (χ1v) is 5.36. The number of methoxy groups -OCH3 is 1. The van der Waals surface area contributed by atoms with Gasteiger partial charge in [0.2, 0.25) is 0 Å². The normalized spacial score (nSPS) is 36.1. The number of fused-ring (bicyclic) bond motifs is 1. The average Bonchev–Trinajstić information content (AvgIpc) is 2.66. The van der Waals surface area contributed by atoms with Crippen molar-refractivity contribution in [3.63, 3.8) is 0 Å². The largest absolute Gasteiger partial charge is 0.469 e. The van der Waals surface area contributed by atoms with Crippen LogP contribution in [0.4, 0.5) is 0 Å². The van der Waals surface area contributed by atoms with Gasteiger partial charge in [-0.05, 0) is 12.3 Å². The van der Waals surface area contributed by atoms with E-state index < -0.39 is 41.6 Å². The molecule has 4 unspecified atom stereocenters. The van der Waals surface area contributed by atoms with Crippen LogP contribution in [0.3, 0.4) is 0 Å². The number of carbonyl (C=O) groups is 4. The second-order valence-corrected chi connectivity index (χ2v) is 4.35. The predicted octanol–water partition coefficient (Wildman–Crippen LogP) is -0.300. The molecule has 2 fully saturated rings. The Balaban J connectivity index is 2.29. The number of hydrogen-bond acceptors (Lipinski definition) is 6. The topological polar surface area (TPSA) is 86.7 Å². The maximum Gasteiger partial charge on any atom is 0.317 e. The molecular formula is C11H12O6. The van der Waals surface area contributed by atoms with Gasteiger partial charge in [-0.3, -0.25) is 14.4 Å². The first-order chi connectivity index (χ1) is 8.08. The van der Waals surface area contributed by atoms with Crippen LogP contribution in [0.1, 0.15) is 12.8 Å². The summed E-state index contributed by atoms with van der Waals surface area (Å²) in [5.41, 5.74) is 0. The molecule has 17 heavy (non-hydrogen) atoms. The zero-order valence-corrected chi connectivity index (χ0v) is 9.25. The van der Waals surface area contributed by atoms with E-state index in [-0.39, 0.29) is 12.8 Å². The van der Waals surface area contributed by atoms with E-state index in [4.69, 9.17) is 0 Å². The van der Waals surface area contributed by atoms with Gasteiger partial charge in [0.25, 0.3) is 0 Å². The highest BCUT2D eigenvalue weighted by atomic mass is 16.6. The monoisotopic (exact) mass is 240 g/mol. The van der Waals surface area contributed by atoms with Gasteiger partial charge < -0.3 is 14.3 Å². The molecule has 0 N–H and O–H groups in total. The van der Waals surface area contributed by atoms with Crippen LogP contribution in [-0.2, 0) is 28.7 Å². The van der Waals surface area contributed by atoms with E-state index in [1.165, 1.54) is 7.11 Å². The molecule has 6 nitrogen and oxygen atoms in total. The van der Waals surface area contributed by atoms with E-state index in [0.717, 1.165) is 0 Å². The summed E-state index contributed by atoms with van der Waals surface area (Å²) in [5.74, 6) is -4.17. The zero-order valence-electron chi connectivity index (χ0n) is 9.25. The first kappa shape index (κ1) is 11.8. The molecule has 1 aliphatic heterocycles. The minimum absolute atomic E-state index is 0.00725. The molecule has 2 rings (SSSR count). The molecule has 0 amide bonds. The zero-order chi connectivity index (χ0) is 12.6. The smallest absolute Gasteiger partial charge is 0.317 e. The number of cyclic esters (lactones) is 2. The van der Waals surface area contributed by atoms with Crippen molar-refractivity contribution >= 4 is 24.2 Å². The van der Waals surface area contributed by atoms with Crippen LogP contribution in [0, 0.1) is 23.7 Å². The quantitative estimate of drug-likeness (QED) is 0.374. The Morgan fingerprint density at radius 1 is 1.47 bits per heavy atom. The summed E-state index contributed by atoms with van der Waals surface area (Å²) in [6.07, 6.45) is 0.952. The fraction of sp³-hybridized carbons (Fsp3) is 0.636. The van der Waals surface area contributed by atoms with Gasteiger partial charge in [-0.15, -0.1) is 0 Å². The maximum absolute atomic E-state index is 11.6. The molecule has 92 valence electrons. The Morgan fingerprint density at radius 2 is 2.18 bits per heavy atom. The van der Waals surface area contributed by atoms with E-state index in [0.29, 0.717) is 6.29 Å². The second kappa shape index (κ2) is 4.27. The Bertz CT molecular complexity index is 387. The van der Waals surface area contributed by atoms with Crippen molar-refractivity contribution in [2.24, 2.45) is 23.7 Å². The van der Waals surface area contributed by atoms with Crippen molar-refractivity contribution in [1.82, 2.24) is 0 Å². The van der Waals surface area contributed by atoms with E-state index in [1.807, 2.05) is 0 Å². The molecule has 0 aromatic carbocycles. The van der Waals surface area contributed by atoms with E-state index >= 15 is 0 Å². The summed E-state index contributed by atoms with van der Waals surface area (Å²) < 4.78 is 9.12. The van der Waals surface area contributed by atoms with Crippen LogP contribution in [0.5, 0.6) is 0 Å². The summed E-state index contributed by atoms with van der Waals surface area (Å²) in [6.45, 7) is 0. The fourth-order valence-corrected chi connectivity index (χ4v) is 2.76. The molecule has 1 heterocycles. The van der Waals surface area contributed by atoms with E-state index in [9.17, 15) is 19.2 Å². The molecule has 6 heteroatoms. The van der Waals surface area contributed by atoms with Gasteiger partial charge in [0, 0.05) is 5.92 Å². The third-order valence-corrected chi connectivity index (χ3v) is 3.54. The van der Waals surface area contributed by atoms with Gasteiger partial charge >= 0.3 is 17.9 Å². The molecule has 4 atom stereocenters. The summed E-state index contributed by atoms with van der Waals surface area (Å²) in [7, 11) is 1.23. The van der Waals surface area contributed by atoms with Gasteiger partial charge in [0.15, 0.2) is 0 Å². The van der Waals surface area contributed by atoms with Crippen LogP contribution >= 0.6 is 0 Å². The summed E-state index contributed by atoms with van der Waals surface area (Å²) in [4.78, 5) is 45.2.